The van der Waals surface area contributed by atoms with E-state index in [1.54, 1.807) is 41.5 Å². The maximum absolute atomic E-state index is 13.6. The molecule has 0 spiro atoms. The van der Waals surface area contributed by atoms with Crippen LogP contribution in [0.4, 0.5) is 9.18 Å². The second-order valence-corrected chi connectivity index (χ2v) is 7.01. The van der Waals surface area contributed by atoms with Crippen LogP contribution in [0.5, 0.6) is 0 Å². The zero-order valence-electron chi connectivity index (χ0n) is 13.0. The predicted octanol–water partition coefficient (Wildman–Crippen LogP) is 2.68. The van der Waals surface area contributed by atoms with E-state index >= 15 is 0 Å². The second kappa shape index (κ2) is 5.58. The fourth-order valence-electron chi connectivity index (χ4n) is 1.90. The highest BCUT2D eigenvalue weighted by molar-refractivity contribution is 5.82. The normalized spacial score (nSPS) is 23.6. The number of carbonyl (C=O) groups excluding carboxylic acids is 2. The van der Waals surface area contributed by atoms with Gasteiger partial charge >= 0.3 is 12.1 Å². The molecular formula is C14H24FNO4. The molecule has 0 aromatic heterocycles. The molecule has 0 bridgehead atoms. The Kier molecular flexibility index (Phi) is 4.66. The first-order chi connectivity index (χ1) is 8.89. The average molecular weight is 289 g/mol. The Morgan fingerprint density at radius 1 is 1.05 bits per heavy atom. The number of hydrogen-bond acceptors (Lipinski definition) is 4. The van der Waals surface area contributed by atoms with Crippen LogP contribution in [-0.2, 0) is 14.3 Å². The lowest BCUT2D eigenvalue weighted by Crippen LogP contribution is -2.45. The minimum Gasteiger partial charge on any atom is -0.458 e. The summed E-state index contributed by atoms with van der Waals surface area (Å²) in [7, 11) is 0. The van der Waals surface area contributed by atoms with Crippen molar-refractivity contribution in [2.24, 2.45) is 0 Å². The molecule has 5 nitrogen and oxygen atoms in total. The fraction of sp³-hybridized carbons (Fsp3) is 0.857. The van der Waals surface area contributed by atoms with E-state index in [-0.39, 0.29) is 13.0 Å². The smallest absolute Gasteiger partial charge is 0.411 e. The van der Waals surface area contributed by atoms with Gasteiger partial charge in [-0.15, -0.1) is 0 Å². The van der Waals surface area contributed by atoms with Crippen LogP contribution in [0.2, 0.25) is 0 Å². The minimum absolute atomic E-state index is 0.0475. The Hall–Kier alpha value is -1.33. The number of hydrogen-bond donors (Lipinski definition) is 0. The van der Waals surface area contributed by atoms with Gasteiger partial charge in [0.1, 0.15) is 23.4 Å². The molecule has 6 heteroatoms. The quantitative estimate of drug-likeness (QED) is 0.696. The highest BCUT2D eigenvalue weighted by Gasteiger charge is 2.43. The van der Waals surface area contributed by atoms with Gasteiger partial charge in [0, 0.05) is 6.42 Å². The van der Waals surface area contributed by atoms with Gasteiger partial charge in [0.2, 0.25) is 0 Å². The third kappa shape index (κ3) is 4.98. The summed E-state index contributed by atoms with van der Waals surface area (Å²) in [5.41, 5.74) is -1.37. The summed E-state index contributed by atoms with van der Waals surface area (Å²) >= 11 is 0. The third-order valence-corrected chi connectivity index (χ3v) is 2.56. The summed E-state index contributed by atoms with van der Waals surface area (Å²) in [4.78, 5) is 25.2. The molecule has 0 saturated carbocycles. The van der Waals surface area contributed by atoms with Crippen molar-refractivity contribution < 1.29 is 23.5 Å². The third-order valence-electron chi connectivity index (χ3n) is 2.56. The molecule has 1 rings (SSSR count). The van der Waals surface area contributed by atoms with Crippen molar-refractivity contribution in [1.82, 2.24) is 4.90 Å². The Morgan fingerprint density at radius 3 is 2.00 bits per heavy atom. The molecule has 116 valence electrons. The highest BCUT2D eigenvalue weighted by atomic mass is 19.1. The molecule has 1 unspecified atom stereocenters. The van der Waals surface area contributed by atoms with Crippen LogP contribution in [0.15, 0.2) is 0 Å². The highest BCUT2D eigenvalue weighted by Crippen LogP contribution is 2.25. The molecule has 1 heterocycles. The first kappa shape index (κ1) is 16.7. The molecule has 20 heavy (non-hydrogen) atoms. The van der Waals surface area contributed by atoms with Crippen LogP contribution in [-0.4, -0.2) is 46.9 Å². The number of likely N-dealkylation sites (tertiary alicyclic amines) is 1. The molecule has 0 aromatic rings. The predicted molar refractivity (Wildman–Crippen MR) is 72.1 cm³/mol. The van der Waals surface area contributed by atoms with Gasteiger partial charge in [-0.1, -0.05) is 0 Å². The zero-order chi connectivity index (χ0) is 15.7. The van der Waals surface area contributed by atoms with Crippen molar-refractivity contribution in [2.75, 3.05) is 6.54 Å². The summed E-state index contributed by atoms with van der Waals surface area (Å²) in [6.07, 6.45) is -1.97. The molecule has 0 N–H and O–H groups in total. The Labute approximate surface area is 119 Å². The van der Waals surface area contributed by atoms with Crippen LogP contribution in [0.1, 0.15) is 48.0 Å². The topological polar surface area (TPSA) is 55.8 Å². The first-order valence-electron chi connectivity index (χ1n) is 6.75. The number of carbonyl (C=O) groups is 2. The van der Waals surface area contributed by atoms with Crippen molar-refractivity contribution in [3.05, 3.63) is 0 Å². The maximum Gasteiger partial charge on any atom is 0.411 e. The number of halogens is 1. The molecule has 0 aromatic carbocycles. The van der Waals surface area contributed by atoms with E-state index in [0.717, 1.165) is 4.90 Å². The lowest BCUT2D eigenvalue weighted by atomic mass is 10.1. The summed E-state index contributed by atoms with van der Waals surface area (Å²) in [5.74, 6) is -0.594. The molecule has 1 aliphatic heterocycles. The van der Waals surface area contributed by atoms with Crippen molar-refractivity contribution in [1.29, 1.82) is 0 Å². The lowest BCUT2D eigenvalue weighted by molar-refractivity contribution is -0.160. The van der Waals surface area contributed by atoms with Crippen molar-refractivity contribution in [3.8, 4) is 0 Å². The maximum atomic E-state index is 13.6. The number of ether oxygens (including phenoxy) is 2. The van der Waals surface area contributed by atoms with E-state index in [2.05, 4.69) is 0 Å². The first-order valence-corrected chi connectivity index (χ1v) is 6.75. The number of esters is 1. The van der Waals surface area contributed by atoms with Gasteiger partial charge < -0.3 is 9.47 Å². The molecule has 1 saturated heterocycles. The number of nitrogens with zero attached hydrogens (tertiary/aromatic N) is 1. The Balaban J connectivity index is 2.78. The van der Waals surface area contributed by atoms with Crippen molar-refractivity contribution in [3.63, 3.8) is 0 Å². The standard InChI is InChI=1S/C14H24FNO4/c1-13(2,3)19-11(17)10-7-9(15)8-16(10)12(18)20-14(4,5)6/h9-10H,7-8H2,1-6H3/t9?,10-/m1/s1. The van der Waals surface area contributed by atoms with E-state index in [0.29, 0.717) is 0 Å². The molecular weight excluding hydrogens is 265 g/mol. The lowest BCUT2D eigenvalue weighted by Gasteiger charge is -2.29. The van der Waals surface area contributed by atoms with Crippen LogP contribution >= 0.6 is 0 Å². The minimum atomic E-state index is -1.24. The van der Waals surface area contributed by atoms with Gasteiger partial charge in [-0.05, 0) is 41.5 Å². The van der Waals surface area contributed by atoms with Gasteiger partial charge in [0.15, 0.2) is 0 Å². The van der Waals surface area contributed by atoms with Gasteiger partial charge in [-0.2, -0.15) is 0 Å². The fourth-order valence-corrected chi connectivity index (χ4v) is 1.90. The summed E-state index contributed by atoms with van der Waals surface area (Å²) in [5, 5.41) is 0. The van der Waals surface area contributed by atoms with Crippen LogP contribution < -0.4 is 0 Å². The molecule has 1 amide bonds. The number of amides is 1. The summed E-state index contributed by atoms with van der Waals surface area (Å²) < 4.78 is 24.0. The van der Waals surface area contributed by atoms with Gasteiger partial charge in [-0.3, -0.25) is 4.90 Å². The van der Waals surface area contributed by atoms with E-state index in [4.69, 9.17) is 9.47 Å². The Morgan fingerprint density at radius 2 is 1.55 bits per heavy atom. The van der Waals surface area contributed by atoms with Gasteiger partial charge in [0.05, 0.1) is 6.54 Å². The van der Waals surface area contributed by atoms with Crippen LogP contribution in [0.25, 0.3) is 0 Å². The van der Waals surface area contributed by atoms with Crippen LogP contribution in [0.3, 0.4) is 0 Å². The van der Waals surface area contributed by atoms with E-state index in [9.17, 15) is 14.0 Å². The molecule has 2 atom stereocenters. The molecule has 1 aliphatic rings. The molecule has 1 fully saturated rings. The van der Waals surface area contributed by atoms with E-state index in [1.165, 1.54) is 0 Å². The van der Waals surface area contributed by atoms with Gasteiger partial charge in [0.25, 0.3) is 0 Å². The monoisotopic (exact) mass is 289 g/mol. The molecule has 0 aliphatic carbocycles. The van der Waals surface area contributed by atoms with E-state index in [1.807, 2.05) is 0 Å². The summed E-state index contributed by atoms with van der Waals surface area (Å²) in [6, 6.07) is -0.918. The SMILES string of the molecule is CC(C)(C)OC(=O)[C@H]1CC(F)CN1C(=O)OC(C)(C)C. The Bertz CT molecular complexity index is 348. The number of alkyl halides is 1. The molecule has 0 radical (unpaired) electrons. The largest absolute Gasteiger partial charge is 0.458 e. The number of rotatable bonds is 1. The summed E-state index contributed by atoms with van der Waals surface area (Å²) in [6.45, 7) is 10.2. The van der Waals surface area contributed by atoms with Crippen molar-refractivity contribution >= 4 is 12.1 Å². The zero-order valence-corrected chi connectivity index (χ0v) is 13.0. The van der Waals surface area contributed by atoms with Gasteiger partial charge in [-0.25, -0.2) is 14.0 Å². The van der Waals surface area contributed by atoms with Crippen LogP contribution in [0, 0.1) is 0 Å². The second-order valence-electron chi connectivity index (χ2n) is 7.01. The average Bonchev–Trinajstić information content (AvgIpc) is 2.55. The van der Waals surface area contributed by atoms with Crippen molar-refractivity contribution in [2.45, 2.75) is 71.4 Å². The van der Waals surface area contributed by atoms with E-state index < -0.39 is 35.5 Å².